The van der Waals surface area contributed by atoms with Gasteiger partial charge in [0.15, 0.2) is 0 Å². The average molecular weight is 590 g/mol. The van der Waals surface area contributed by atoms with Gasteiger partial charge in [-0.25, -0.2) is 4.99 Å². The number of anilines is 2. The molecule has 3 aliphatic heterocycles. The molecule has 12 heteroatoms. The Morgan fingerprint density at radius 2 is 1.80 bits per heavy atom. The van der Waals surface area contributed by atoms with E-state index in [2.05, 4.69) is 25.0 Å². The first kappa shape index (κ1) is 29.2. The van der Waals surface area contributed by atoms with E-state index < -0.39 is 29.5 Å². The molecule has 0 aromatic heterocycles. The van der Waals surface area contributed by atoms with Crippen molar-refractivity contribution in [2.75, 3.05) is 69.7 Å². The van der Waals surface area contributed by atoms with E-state index in [1.807, 2.05) is 37.4 Å². The molecule has 0 radical (unpaired) electrons. The van der Waals surface area contributed by atoms with Crippen molar-refractivity contribution in [2.24, 2.45) is 10.9 Å². The van der Waals surface area contributed by atoms with Crippen LogP contribution in [0.2, 0.25) is 5.02 Å². The molecule has 218 valence electrons. The summed E-state index contributed by atoms with van der Waals surface area (Å²) in [7, 11) is 2.02. The molecule has 0 saturated carbocycles. The van der Waals surface area contributed by atoms with E-state index in [1.54, 1.807) is 6.07 Å². The van der Waals surface area contributed by atoms with Gasteiger partial charge >= 0.3 is 6.18 Å². The summed E-state index contributed by atoms with van der Waals surface area (Å²) in [5.74, 6) is -3.73. The molecule has 2 amide bonds. The number of rotatable bonds is 6. The Bertz CT molecular complexity index is 1370. The fourth-order valence-corrected chi connectivity index (χ4v) is 5.43. The maximum absolute atomic E-state index is 13.7. The highest BCUT2D eigenvalue weighted by atomic mass is 35.5. The minimum Gasteiger partial charge on any atom is -0.379 e. The molecule has 0 aliphatic carbocycles. The molecule has 0 bridgehead atoms. The number of dihydropyridines is 1. The van der Waals surface area contributed by atoms with Crippen molar-refractivity contribution in [3.8, 4) is 11.1 Å². The van der Waals surface area contributed by atoms with Crippen molar-refractivity contribution in [2.45, 2.75) is 12.7 Å². The molecular weight excluding hydrogens is 559 g/mol. The number of alkyl halides is 3. The molecule has 2 aromatic rings. The van der Waals surface area contributed by atoms with Crippen LogP contribution < -0.4 is 10.2 Å². The van der Waals surface area contributed by atoms with Crippen molar-refractivity contribution >= 4 is 41.0 Å². The fraction of sp³-hybridized carbons (Fsp3) is 0.414. The van der Waals surface area contributed by atoms with E-state index in [9.17, 15) is 22.8 Å². The molecule has 3 aliphatic rings. The Balaban J connectivity index is 1.48. The molecule has 41 heavy (non-hydrogen) atoms. The molecule has 2 saturated heterocycles. The smallest absolute Gasteiger partial charge is 0.379 e. The first-order chi connectivity index (χ1) is 19.6. The van der Waals surface area contributed by atoms with Gasteiger partial charge in [0.05, 0.1) is 30.2 Å². The van der Waals surface area contributed by atoms with E-state index >= 15 is 0 Å². The number of halogens is 4. The zero-order chi connectivity index (χ0) is 29.1. The van der Waals surface area contributed by atoms with Gasteiger partial charge in [0.1, 0.15) is 5.92 Å². The largest absolute Gasteiger partial charge is 0.414 e. The van der Waals surface area contributed by atoms with Gasteiger partial charge in [0, 0.05) is 68.7 Å². The third-order valence-electron chi connectivity index (χ3n) is 7.52. The van der Waals surface area contributed by atoms with Crippen LogP contribution in [0.3, 0.4) is 0 Å². The zero-order valence-corrected chi connectivity index (χ0v) is 23.3. The monoisotopic (exact) mass is 589 g/mol. The van der Waals surface area contributed by atoms with Crippen LogP contribution >= 0.6 is 11.6 Å². The summed E-state index contributed by atoms with van der Waals surface area (Å²) in [5.41, 5.74) is 2.33. The van der Waals surface area contributed by atoms with Crippen LogP contribution in [0.15, 0.2) is 53.0 Å². The number of aliphatic imine (C=N–C) groups is 1. The normalized spacial score (nSPS) is 20.7. The van der Waals surface area contributed by atoms with Crippen molar-refractivity contribution in [1.29, 1.82) is 0 Å². The lowest BCUT2D eigenvalue weighted by atomic mass is 9.95. The first-order valence-corrected chi connectivity index (χ1v) is 13.8. The standard InChI is InChI=1S/C29H31ClF3N5O3/c1-36-6-8-38(9-7-36)26-5-3-20(21-14-19(2-4-24(21)30)18-37-10-12-41-13-11-37)15-25(26)35-28(40)22-17-34-27(39)16-23(22)29(31,32)33/h2-5,14-17,22H,6-13,18H2,1H3,(H,35,40). The Morgan fingerprint density at radius 1 is 1.07 bits per heavy atom. The predicted molar refractivity (Wildman–Crippen MR) is 152 cm³/mol. The minimum absolute atomic E-state index is 0.360. The lowest BCUT2D eigenvalue weighted by Crippen LogP contribution is -2.44. The third kappa shape index (κ3) is 6.98. The Hall–Kier alpha value is -3.25. The number of hydrogen-bond acceptors (Lipinski definition) is 6. The molecular formula is C29H31ClF3N5O3. The number of ether oxygens (including phenoxy) is 1. The van der Waals surface area contributed by atoms with Gasteiger partial charge in [-0.05, 0) is 42.4 Å². The molecule has 5 rings (SSSR count). The van der Waals surface area contributed by atoms with Gasteiger partial charge in [0.2, 0.25) is 5.91 Å². The molecule has 3 heterocycles. The molecule has 1 N–H and O–H groups in total. The number of hydrogen-bond donors (Lipinski definition) is 1. The zero-order valence-electron chi connectivity index (χ0n) is 22.6. The number of nitrogens with one attached hydrogen (secondary N) is 1. The highest BCUT2D eigenvalue weighted by molar-refractivity contribution is 6.33. The molecule has 2 aromatic carbocycles. The van der Waals surface area contributed by atoms with Crippen LogP contribution in [0.1, 0.15) is 5.56 Å². The van der Waals surface area contributed by atoms with Gasteiger partial charge in [-0.1, -0.05) is 23.7 Å². The van der Waals surface area contributed by atoms with Crippen molar-refractivity contribution in [1.82, 2.24) is 9.80 Å². The molecule has 1 atom stereocenters. The number of nitrogens with zero attached hydrogens (tertiary/aromatic N) is 4. The number of amides is 2. The maximum atomic E-state index is 13.7. The summed E-state index contributed by atoms with van der Waals surface area (Å²) in [6.45, 7) is 6.71. The Morgan fingerprint density at radius 3 is 2.51 bits per heavy atom. The predicted octanol–water partition coefficient (Wildman–Crippen LogP) is 4.25. The molecule has 1 unspecified atom stereocenters. The Labute approximate surface area is 241 Å². The first-order valence-electron chi connectivity index (χ1n) is 13.4. The van der Waals surface area contributed by atoms with Gasteiger partial charge in [0.25, 0.3) is 5.91 Å². The summed E-state index contributed by atoms with van der Waals surface area (Å²) in [5, 5.41) is 3.23. The highest BCUT2D eigenvalue weighted by Gasteiger charge is 2.43. The third-order valence-corrected chi connectivity index (χ3v) is 7.85. The summed E-state index contributed by atoms with van der Waals surface area (Å²) >= 11 is 6.62. The topological polar surface area (TPSA) is 77.5 Å². The summed E-state index contributed by atoms with van der Waals surface area (Å²) in [6.07, 6.45) is -3.73. The minimum atomic E-state index is -4.86. The van der Waals surface area contributed by atoms with Crippen molar-refractivity contribution < 1.29 is 27.5 Å². The SMILES string of the molecule is CN1CCN(c2ccc(-c3cc(CN4CCOCC4)ccc3Cl)cc2NC(=O)C2C=NC(=O)C=C2C(F)(F)F)CC1. The average Bonchev–Trinajstić information content (AvgIpc) is 2.94. The van der Waals surface area contributed by atoms with Crippen LogP contribution in [0.4, 0.5) is 24.5 Å². The number of morpholine rings is 1. The lowest BCUT2D eigenvalue weighted by molar-refractivity contribution is -0.124. The van der Waals surface area contributed by atoms with Gasteiger partial charge in [-0.2, -0.15) is 13.2 Å². The number of benzene rings is 2. The highest BCUT2D eigenvalue weighted by Crippen LogP contribution is 2.38. The van der Waals surface area contributed by atoms with E-state index in [1.165, 1.54) is 0 Å². The van der Waals surface area contributed by atoms with Gasteiger partial charge in [-0.3, -0.25) is 14.5 Å². The van der Waals surface area contributed by atoms with Crippen LogP contribution in [0.25, 0.3) is 11.1 Å². The lowest BCUT2D eigenvalue weighted by Gasteiger charge is -2.35. The summed E-state index contributed by atoms with van der Waals surface area (Å²) in [6, 6.07) is 11.3. The van der Waals surface area contributed by atoms with Crippen LogP contribution in [0, 0.1) is 5.92 Å². The van der Waals surface area contributed by atoms with E-state index in [0.717, 1.165) is 50.1 Å². The van der Waals surface area contributed by atoms with Crippen molar-refractivity contribution in [3.63, 3.8) is 0 Å². The van der Waals surface area contributed by atoms with Gasteiger partial charge in [-0.15, -0.1) is 0 Å². The van der Waals surface area contributed by atoms with E-state index in [4.69, 9.17) is 16.3 Å². The molecule has 8 nitrogen and oxygen atoms in total. The van der Waals surface area contributed by atoms with Crippen LogP contribution in [0.5, 0.6) is 0 Å². The summed E-state index contributed by atoms with van der Waals surface area (Å²) < 4.78 is 46.6. The molecule has 2 fully saturated rings. The maximum Gasteiger partial charge on any atom is 0.414 e. The second-order valence-corrected chi connectivity index (χ2v) is 10.8. The van der Waals surface area contributed by atoms with Crippen molar-refractivity contribution in [3.05, 3.63) is 58.6 Å². The quantitative estimate of drug-likeness (QED) is 0.543. The fourth-order valence-electron chi connectivity index (χ4n) is 5.20. The van der Waals surface area contributed by atoms with Gasteiger partial charge < -0.3 is 19.9 Å². The number of carbonyl (C=O) groups is 2. The van der Waals surface area contributed by atoms with E-state index in [0.29, 0.717) is 54.3 Å². The van der Waals surface area contributed by atoms with E-state index in [-0.39, 0.29) is 0 Å². The van der Waals surface area contributed by atoms with Crippen LogP contribution in [-0.4, -0.2) is 93.5 Å². The summed E-state index contributed by atoms with van der Waals surface area (Å²) in [4.78, 5) is 34.9. The second kappa shape index (κ2) is 12.3. The second-order valence-electron chi connectivity index (χ2n) is 10.4. The number of piperazine rings is 1. The Kier molecular flexibility index (Phi) is 8.79. The number of likely N-dealkylation sites (N-methyl/N-ethyl adjacent to an activating group) is 1. The van der Waals surface area contributed by atoms with Crippen LogP contribution in [-0.2, 0) is 20.9 Å². The number of carbonyl (C=O) groups excluding carboxylic acids is 2. The molecule has 0 spiro atoms.